The largest absolute Gasteiger partial charge is 0.478 e. The molecule has 86 valence electrons. The van der Waals surface area contributed by atoms with Crippen molar-refractivity contribution in [3.05, 3.63) is 35.9 Å². The van der Waals surface area contributed by atoms with E-state index in [1.165, 1.54) is 11.4 Å². The van der Waals surface area contributed by atoms with Crippen LogP contribution in [0.4, 0.5) is 11.4 Å². The van der Waals surface area contributed by atoms with E-state index in [2.05, 4.69) is 11.4 Å². The number of carboxylic acids is 1. The Morgan fingerprint density at radius 2 is 2.00 bits per heavy atom. The smallest absolute Gasteiger partial charge is 0.331 e. The van der Waals surface area contributed by atoms with Crippen LogP contribution in [0.2, 0.25) is 0 Å². The van der Waals surface area contributed by atoms with Crippen molar-refractivity contribution in [1.82, 2.24) is 0 Å². The fourth-order valence-electron chi connectivity index (χ4n) is 1.41. The van der Waals surface area contributed by atoms with Crippen LogP contribution in [0.1, 0.15) is 26.7 Å². The summed E-state index contributed by atoms with van der Waals surface area (Å²) in [4.78, 5) is 10.3. The number of benzene rings is 1. The van der Waals surface area contributed by atoms with Gasteiger partial charge >= 0.3 is 5.97 Å². The summed E-state index contributed by atoms with van der Waals surface area (Å²) in [5.41, 5.74) is 2.98. The van der Waals surface area contributed by atoms with Crippen LogP contribution in [-0.2, 0) is 4.79 Å². The molecule has 0 amide bonds. The van der Waals surface area contributed by atoms with Gasteiger partial charge in [0.25, 0.3) is 0 Å². The molecule has 3 heteroatoms. The van der Waals surface area contributed by atoms with Gasteiger partial charge in [-0.2, -0.15) is 0 Å². The Balaban J connectivity index is 0.000000163. The molecule has 0 spiro atoms. The summed E-state index contributed by atoms with van der Waals surface area (Å²) >= 11 is 0. The third-order valence-electron chi connectivity index (χ3n) is 2.29. The number of carboxylic acid groups (broad SMARTS) is 1. The van der Waals surface area contributed by atoms with Gasteiger partial charge in [0.05, 0.1) is 0 Å². The fourth-order valence-corrected chi connectivity index (χ4v) is 1.41. The van der Waals surface area contributed by atoms with E-state index >= 15 is 0 Å². The lowest BCUT2D eigenvalue weighted by Gasteiger charge is -2.15. The van der Waals surface area contributed by atoms with Gasteiger partial charge in [-0.1, -0.05) is 25.5 Å². The lowest BCUT2D eigenvalue weighted by Crippen LogP contribution is -1.98. The predicted octanol–water partition coefficient (Wildman–Crippen LogP) is 3.56. The molecule has 2 heterocycles. The molecule has 1 aromatic rings. The summed E-state index contributed by atoms with van der Waals surface area (Å²) in [6, 6.07) is 8.25. The summed E-state index contributed by atoms with van der Waals surface area (Å²) in [6.45, 7) is 3.71. The highest BCUT2D eigenvalue weighted by molar-refractivity contribution is 5.86. The highest BCUT2D eigenvalue weighted by atomic mass is 16.4. The fraction of sp³-hybridized carbons (Fsp3) is 0.308. The average Bonchev–Trinajstić information content (AvgIpc) is 2.26. The summed E-state index contributed by atoms with van der Waals surface area (Å²) in [5, 5.41) is 11.6. The zero-order valence-electron chi connectivity index (χ0n) is 9.66. The Bertz CT molecular complexity index is 372. The first-order valence-electron chi connectivity index (χ1n) is 5.43. The molecule has 0 aliphatic carbocycles. The van der Waals surface area contributed by atoms with Crippen LogP contribution < -0.4 is 5.32 Å². The van der Waals surface area contributed by atoms with Gasteiger partial charge in [-0.15, -0.1) is 0 Å². The molecular formula is C13H17NO2. The maximum absolute atomic E-state index is 10.3. The average molecular weight is 219 g/mol. The van der Waals surface area contributed by atoms with E-state index in [1.54, 1.807) is 13.0 Å². The second-order valence-electron chi connectivity index (χ2n) is 3.57. The van der Waals surface area contributed by atoms with Crippen LogP contribution in [0, 0.1) is 0 Å². The number of nitrogens with one attached hydrogen (secondary N) is 1. The van der Waals surface area contributed by atoms with Gasteiger partial charge in [0.15, 0.2) is 0 Å². The van der Waals surface area contributed by atoms with Crippen LogP contribution in [0.5, 0.6) is 0 Å². The third-order valence-corrected chi connectivity index (χ3v) is 2.29. The van der Waals surface area contributed by atoms with Crippen LogP contribution in [0.15, 0.2) is 35.9 Å². The quantitative estimate of drug-likeness (QED) is 0.776. The number of anilines is 2. The zero-order valence-corrected chi connectivity index (χ0v) is 9.66. The molecule has 1 aromatic carbocycles. The second-order valence-corrected chi connectivity index (χ2v) is 3.57. The number of allylic oxidation sites excluding steroid dienone is 1. The number of hydrogen-bond donors (Lipinski definition) is 2. The van der Waals surface area contributed by atoms with Crippen LogP contribution in [0.25, 0.3) is 0 Å². The van der Waals surface area contributed by atoms with E-state index in [9.17, 15) is 4.79 Å². The summed E-state index contributed by atoms with van der Waals surface area (Å²) in [5.74, 6) is -0.792. The lowest BCUT2D eigenvalue weighted by atomic mass is 10.1. The molecule has 0 unspecified atom stereocenters. The highest BCUT2D eigenvalue weighted by Crippen LogP contribution is 2.27. The zero-order chi connectivity index (χ0) is 12.0. The normalized spacial score (nSPS) is 11.8. The number of carbonyl (C=O) groups is 1. The molecule has 16 heavy (non-hydrogen) atoms. The minimum absolute atomic E-state index is 0.512. The second kappa shape index (κ2) is 5.95. The minimum atomic E-state index is -0.792. The number of hydrogen-bond acceptors (Lipinski definition) is 2. The molecular weight excluding hydrogens is 202 g/mol. The van der Waals surface area contributed by atoms with Crippen molar-refractivity contribution >= 4 is 17.3 Å². The van der Waals surface area contributed by atoms with Gasteiger partial charge in [-0.25, -0.2) is 4.79 Å². The van der Waals surface area contributed by atoms with E-state index < -0.39 is 5.97 Å². The molecule has 0 atom stereocenters. The van der Waals surface area contributed by atoms with Gasteiger partial charge in [-0.3, -0.25) is 0 Å². The van der Waals surface area contributed by atoms with Crippen molar-refractivity contribution in [2.24, 2.45) is 0 Å². The van der Waals surface area contributed by atoms with Gasteiger partial charge in [0.2, 0.25) is 0 Å². The van der Waals surface area contributed by atoms with Crippen molar-refractivity contribution in [2.45, 2.75) is 26.7 Å². The predicted molar refractivity (Wildman–Crippen MR) is 66.0 cm³/mol. The summed E-state index contributed by atoms with van der Waals surface area (Å²) in [6.07, 6.45) is 3.21. The molecule has 2 aliphatic rings. The lowest BCUT2D eigenvalue weighted by molar-refractivity contribution is -0.132. The minimum Gasteiger partial charge on any atom is -0.478 e. The van der Waals surface area contributed by atoms with Crippen LogP contribution >= 0.6 is 0 Å². The molecule has 0 saturated carbocycles. The van der Waals surface area contributed by atoms with Crippen LogP contribution in [-0.4, -0.2) is 11.1 Å². The standard InChI is InChI=1S/C7H12O2.C6H5N/c1-3-5-6(4-2)7(8)9;1-2-5-4-6(3-1)7-5/h4H,3,5H2,1-2H3,(H,8,9);1-4,7H. The molecule has 0 radical (unpaired) electrons. The molecule has 3 nitrogen and oxygen atoms in total. The monoisotopic (exact) mass is 219 g/mol. The molecule has 2 aliphatic heterocycles. The summed E-state index contributed by atoms with van der Waals surface area (Å²) < 4.78 is 0. The Kier molecular flexibility index (Phi) is 4.58. The molecule has 0 fully saturated rings. The Morgan fingerprint density at radius 1 is 1.44 bits per heavy atom. The Morgan fingerprint density at radius 3 is 2.12 bits per heavy atom. The van der Waals surface area contributed by atoms with Crippen molar-refractivity contribution in [2.75, 3.05) is 5.32 Å². The Hall–Kier alpha value is -1.77. The number of fused-ring (bicyclic) bond motifs is 2. The van der Waals surface area contributed by atoms with E-state index in [0.29, 0.717) is 12.0 Å². The molecule has 0 aromatic heterocycles. The van der Waals surface area contributed by atoms with Crippen molar-refractivity contribution in [1.29, 1.82) is 0 Å². The van der Waals surface area contributed by atoms with Crippen molar-refractivity contribution < 1.29 is 9.90 Å². The maximum atomic E-state index is 10.3. The van der Waals surface area contributed by atoms with E-state index in [0.717, 1.165) is 6.42 Å². The maximum Gasteiger partial charge on any atom is 0.331 e. The summed E-state index contributed by atoms with van der Waals surface area (Å²) in [7, 11) is 0. The Labute approximate surface area is 95.8 Å². The SMILES string of the molecule is CC=C(CCC)C(=O)O.c1cc2cc(c1)N2. The van der Waals surface area contributed by atoms with E-state index in [4.69, 9.17) is 5.11 Å². The van der Waals surface area contributed by atoms with Crippen LogP contribution in [0.3, 0.4) is 0 Å². The molecule has 2 N–H and O–H groups in total. The van der Waals surface area contributed by atoms with Crippen molar-refractivity contribution in [3.63, 3.8) is 0 Å². The van der Waals surface area contributed by atoms with Gasteiger partial charge in [-0.05, 0) is 31.5 Å². The molecule has 3 rings (SSSR count). The van der Waals surface area contributed by atoms with E-state index in [-0.39, 0.29) is 0 Å². The molecule has 0 saturated heterocycles. The van der Waals surface area contributed by atoms with Gasteiger partial charge in [0, 0.05) is 16.9 Å². The first-order valence-corrected chi connectivity index (χ1v) is 5.43. The number of aliphatic carboxylic acids is 1. The van der Waals surface area contributed by atoms with Gasteiger partial charge in [0.1, 0.15) is 0 Å². The van der Waals surface area contributed by atoms with Crippen molar-refractivity contribution in [3.8, 4) is 0 Å². The van der Waals surface area contributed by atoms with E-state index in [1.807, 2.05) is 25.1 Å². The topological polar surface area (TPSA) is 49.3 Å². The highest BCUT2D eigenvalue weighted by Gasteiger charge is 2.02. The third kappa shape index (κ3) is 3.42. The number of rotatable bonds is 3. The molecule has 2 bridgehead atoms. The van der Waals surface area contributed by atoms with Gasteiger partial charge < -0.3 is 10.4 Å². The first kappa shape index (κ1) is 12.3. The first-order chi connectivity index (χ1) is 7.67.